The number of H-pyrrole nitrogens is 1. The van der Waals surface area contributed by atoms with Crippen molar-refractivity contribution in [2.75, 3.05) is 6.54 Å². The van der Waals surface area contributed by atoms with Gasteiger partial charge in [-0.3, -0.25) is 9.69 Å². The molecule has 0 saturated heterocycles. The van der Waals surface area contributed by atoms with Crippen LogP contribution in [0.15, 0.2) is 40.5 Å². The Kier molecular flexibility index (Phi) is 3.75. The van der Waals surface area contributed by atoms with E-state index in [1.54, 1.807) is 11.3 Å². The molecule has 118 valence electrons. The third-order valence-electron chi connectivity index (χ3n) is 4.40. The quantitative estimate of drug-likeness (QED) is 0.779. The van der Waals surface area contributed by atoms with E-state index in [1.807, 2.05) is 35.7 Å². The summed E-state index contributed by atoms with van der Waals surface area (Å²) in [6, 6.07) is 10.7. The van der Waals surface area contributed by atoms with E-state index in [0.29, 0.717) is 11.4 Å². The molecule has 4 nitrogen and oxygen atoms in total. The lowest BCUT2D eigenvalue weighted by atomic mass is 10.1. The van der Waals surface area contributed by atoms with E-state index in [4.69, 9.17) is 4.98 Å². The van der Waals surface area contributed by atoms with Crippen molar-refractivity contribution in [1.29, 1.82) is 0 Å². The molecule has 1 aliphatic carbocycles. The van der Waals surface area contributed by atoms with Gasteiger partial charge in [0.1, 0.15) is 10.7 Å². The maximum Gasteiger partial charge on any atom is 0.260 e. The van der Waals surface area contributed by atoms with Crippen LogP contribution in [0.1, 0.15) is 25.6 Å². The molecule has 5 heteroatoms. The molecule has 0 spiro atoms. The molecule has 1 fully saturated rings. The van der Waals surface area contributed by atoms with Crippen molar-refractivity contribution < 1.29 is 0 Å². The van der Waals surface area contributed by atoms with Crippen LogP contribution in [0.4, 0.5) is 0 Å². The summed E-state index contributed by atoms with van der Waals surface area (Å²) in [6.07, 6.45) is 2.52. The Balaban J connectivity index is 1.73. The van der Waals surface area contributed by atoms with E-state index in [2.05, 4.69) is 16.8 Å². The monoisotopic (exact) mass is 325 g/mol. The fourth-order valence-electron chi connectivity index (χ4n) is 3.03. The Labute approximate surface area is 138 Å². The van der Waals surface area contributed by atoms with E-state index in [-0.39, 0.29) is 5.56 Å². The first kappa shape index (κ1) is 14.6. The van der Waals surface area contributed by atoms with E-state index in [1.165, 1.54) is 12.8 Å². The third kappa shape index (κ3) is 2.82. The van der Waals surface area contributed by atoms with Gasteiger partial charge >= 0.3 is 0 Å². The number of fused-ring (bicyclic) bond motifs is 1. The second kappa shape index (κ2) is 5.91. The van der Waals surface area contributed by atoms with Gasteiger partial charge in [-0.1, -0.05) is 37.3 Å². The van der Waals surface area contributed by atoms with E-state index in [9.17, 15) is 4.79 Å². The van der Waals surface area contributed by atoms with Gasteiger partial charge in [-0.2, -0.15) is 0 Å². The second-order valence-corrected chi connectivity index (χ2v) is 6.86. The summed E-state index contributed by atoms with van der Waals surface area (Å²) in [7, 11) is 0. The molecule has 1 aliphatic rings. The van der Waals surface area contributed by atoms with Crippen LogP contribution in [-0.2, 0) is 6.54 Å². The fourth-order valence-corrected chi connectivity index (χ4v) is 4.00. The molecular weight excluding hydrogens is 306 g/mol. The minimum Gasteiger partial charge on any atom is -0.309 e. The van der Waals surface area contributed by atoms with Crippen LogP contribution < -0.4 is 5.56 Å². The van der Waals surface area contributed by atoms with Crippen LogP contribution in [0, 0.1) is 0 Å². The van der Waals surface area contributed by atoms with Crippen LogP contribution in [0.5, 0.6) is 0 Å². The van der Waals surface area contributed by atoms with Gasteiger partial charge in [0.25, 0.3) is 5.56 Å². The minimum atomic E-state index is -0.0306. The largest absolute Gasteiger partial charge is 0.309 e. The zero-order valence-electron chi connectivity index (χ0n) is 13.1. The molecule has 0 radical (unpaired) electrons. The zero-order chi connectivity index (χ0) is 15.8. The molecule has 0 aliphatic heterocycles. The average Bonchev–Trinajstić information content (AvgIpc) is 3.32. The third-order valence-corrected chi connectivity index (χ3v) is 5.27. The number of aromatic amines is 1. The first-order chi connectivity index (χ1) is 11.3. The van der Waals surface area contributed by atoms with Crippen LogP contribution >= 0.6 is 11.3 Å². The number of aromatic nitrogens is 2. The number of nitrogens with zero attached hydrogens (tertiary/aromatic N) is 2. The smallest absolute Gasteiger partial charge is 0.260 e. The van der Waals surface area contributed by atoms with Gasteiger partial charge in [-0.15, -0.1) is 11.3 Å². The van der Waals surface area contributed by atoms with Crippen molar-refractivity contribution in [2.24, 2.45) is 0 Å². The summed E-state index contributed by atoms with van der Waals surface area (Å²) in [6.45, 7) is 3.88. The van der Waals surface area contributed by atoms with Crippen LogP contribution in [0.2, 0.25) is 0 Å². The molecule has 3 aromatic rings. The highest BCUT2D eigenvalue weighted by molar-refractivity contribution is 7.17. The predicted octanol–water partition coefficient (Wildman–Crippen LogP) is 3.64. The molecule has 4 rings (SSSR count). The van der Waals surface area contributed by atoms with E-state index < -0.39 is 0 Å². The lowest BCUT2D eigenvalue weighted by molar-refractivity contribution is 0.262. The number of thiophene rings is 1. The maximum absolute atomic E-state index is 12.6. The van der Waals surface area contributed by atoms with Crippen molar-refractivity contribution in [3.8, 4) is 11.1 Å². The Morgan fingerprint density at radius 3 is 2.78 bits per heavy atom. The van der Waals surface area contributed by atoms with Crippen molar-refractivity contribution in [3.63, 3.8) is 0 Å². The van der Waals surface area contributed by atoms with Gasteiger partial charge in [0, 0.05) is 17.0 Å². The first-order valence-electron chi connectivity index (χ1n) is 8.06. The van der Waals surface area contributed by atoms with Crippen LogP contribution in [-0.4, -0.2) is 27.5 Å². The Hall–Kier alpha value is -1.98. The van der Waals surface area contributed by atoms with E-state index >= 15 is 0 Å². The maximum atomic E-state index is 12.6. The van der Waals surface area contributed by atoms with Crippen molar-refractivity contribution in [1.82, 2.24) is 14.9 Å². The summed E-state index contributed by atoms with van der Waals surface area (Å²) < 4.78 is 0. The zero-order valence-corrected chi connectivity index (χ0v) is 13.9. The highest BCUT2D eigenvalue weighted by Gasteiger charge is 2.28. The standard InChI is InChI=1S/C18H19N3OS/c1-2-21(13-8-9-13)10-15-19-17(22)16-14(11-23-18(16)20-15)12-6-4-3-5-7-12/h3-7,11,13H,2,8-10H2,1H3,(H,19,20,22). The first-order valence-corrected chi connectivity index (χ1v) is 8.94. The van der Waals surface area contributed by atoms with Gasteiger partial charge in [0.15, 0.2) is 0 Å². The summed E-state index contributed by atoms with van der Waals surface area (Å²) in [5, 5.41) is 2.74. The highest BCUT2D eigenvalue weighted by Crippen LogP contribution is 2.31. The molecule has 2 aromatic heterocycles. The molecule has 2 heterocycles. The Morgan fingerprint density at radius 2 is 2.09 bits per heavy atom. The minimum absolute atomic E-state index is 0.0306. The van der Waals surface area contributed by atoms with Crippen molar-refractivity contribution >= 4 is 21.6 Å². The Morgan fingerprint density at radius 1 is 1.30 bits per heavy atom. The molecule has 0 amide bonds. The van der Waals surface area contributed by atoms with Crippen molar-refractivity contribution in [2.45, 2.75) is 32.4 Å². The number of benzene rings is 1. The lowest BCUT2D eigenvalue weighted by Crippen LogP contribution is -2.27. The number of hydrogen-bond donors (Lipinski definition) is 1. The summed E-state index contributed by atoms with van der Waals surface area (Å²) in [4.78, 5) is 23.5. The van der Waals surface area contributed by atoms with Gasteiger partial charge in [-0.05, 0) is 24.9 Å². The molecule has 0 bridgehead atoms. The van der Waals surface area contributed by atoms with Crippen LogP contribution in [0.25, 0.3) is 21.3 Å². The fraction of sp³-hybridized carbons (Fsp3) is 0.333. The number of nitrogens with one attached hydrogen (secondary N) is 1. The van der Waals surface area contributed by atoms with Gasteiger partial charge < -0.3 is 4.98 Å². The summed E-state index contributed by atoms with van der Waals surface area (Å²) >= 11 is 1.55. The number of rotatable bonds is 5. The number of hydrogen-bond acceptors (Lipinski definition) is 4. The average molecular weight is 325 g/mol. The van der Waals surface area contributed by atoms with Crippen molar-refractivity contribution in [3.05, 3.63) is 51.9 Å². The second-order valence-electron chi connectivity index (χ2n) is 6.00. The van der Waals surface area contributed by atoms with Gasteiger partial charge in [0.2, 0.25) is 0 Å². The summed E-state index contributed by atoms with van der Waals surface area (Å²) in [5.41, 5.74) is 2.00. The molecule has 23 heavy (non-hydrogen) atoms. The predicted molar refractivity (Wildman–Crippen MR) is 94.8 cm³/mol. The lowest BCUT2D eigenvalue weighted by Gasteiger charge is -2.18. The highest BCUT2D eigenvalue weighted by atomic mass is 32.1. The molecular formula is C18H19N3OS. The van der Waals surface area contributed by atoms with E-state index in [0.717, 1.165) is 34.9 Å². The topological polar surface area (TPSA) is 49.0 Å². The molecule has 1 saturated carbocycles. The van der Waals surface area contributed by atoms with Crippen LogP contribution in [0.3, 0.4) is 0 Å². The molecule has 1 aromatic carbocycles. The summed E-state index contributed by atoms with van der Waals surface area (Å²) in [5.74, 6) is 0.776. The molecule has 1 N–H and O–H groups in total. The van der Waals surface area contributed by atoms with Gasteiger partial charge in [-0.25, -0.2) is 4.98 Å². The normalized spacial score (nSPS) is 14.7. The molecule has 0 atom stereocenters. The SMILES string of the molecule is CCN(Cc1nc2scc(-c3ccccc3)c2c(=O)[nH]1)C1CC1. The van der Waals surface area contributed by atoms with Gasteiger partial charge in [0.05, 0.1) is 11.9 Å². The molecule has 0 unspecified atom stereocenters. The Bertz CT molecular complexity index is 880.